The molecule has 2 amide bonds. The molecule has 2 aromatic rings. The van der Waals surface area contributed by atoms with Crippen molar-refractivity contribution in [2.75, 3.05) is 13.9 Å². The van der Waals surface area contributed by atoms with Gasteiger partial charge >= 0.3 is 0 Å². The zero-order valence-corrected chi connectivity index (χ0v) is 18.2. The van der Waals surface area contributed by atoms with Gasteiger partial charge in [0.05, 0.1) is 12.1 Å². The van der Waals surface area contributed by atoms with Crippen LogP contribution in [0.15, 0.2) is 60.7 Å². The fourth-order valence-corrected chi connectivity index (χ4v) is 3.83. The first-order chi connectivity index (χ1) is 14.9. The minimum atomic E-state index is -0.976. The van der Waals surface area contributed by atoms with E-state index in [0.717, 1.165) is 16.2 Å². The third-order valence-electron chi connectivity index (χ3n) is 5.48. The predicted molar refractivity (Wildman–Crippen MR) is 115 cm³/mol. The Balaban J connectivity index is 2.03. The number of imide groups is 1. The maximum atomic E-state index is 13.4. The van der Waals surface area contributed by atoms with Crippen molar-refractivity contribution in [3.05, 3.63) is 71.8 Å². The molecule has 3 atom stereocenters. The van der Waals surface area contributed by atoms with E-state index < -0.39 is 30.0 Å². The highest BCUT2D eigenvalue weighted by Gasteiger charge is 2.50. The quantitative estimate of drug-likeness (QED) is 0.490. The van der Waals surface area contributed by atoms with Crippen LogP contribution in [-0.4, -0.2) is 59.0 Å². The average Bonchev–Trinajstić information content (AvgIpc) is 2.77. The van der Waals surface area contributed by atoms with Gasteiger partial charge in [0.1, 0.15) is 6.04 Å². The largest absolute Gasteiger partial charge is 0.391 e. The summed E-state index contributed by atoms with van der Waals surface area (Å²) in [6.45, 7) is 3.81. The monoisotopic (exact) mass is 426 g/mol. The second-order valence-electron chi connectivity index (χ2n) is 8.05. The van der Waals surface area contributed by atoms with Gasteiger partial charge in [-0.25, -0.2) is 4.84 Å². The van der Waals surface area contributed by atoms with Gasteiger partial charge in [0.15, 0.2) is 6.79 Å². The Hall–Kier alpha value is -2.58. The highest BCUT2D eigenvalue weighted by molar-refractivity contribution is 6.02. The summed E-state index contributed by atoms with van der Waals surface area (Å²) in [6.07, 6.45) is -0.593. The number of piperazine rings is 1. The molecule has 0 spiro atoms. The fourth-order valence-electron chi connectivity index (χ4n) is 3.83. The van der Waals surface area contributed by atoms with E-state index in [-0.39, 0.29) is 12.7 Å². The van der Waals surface area contributed by atoms with Gasteiger partial charge in [-0.2, -0.15) is 0 Å². The highest BCUT2D eigenvalue weighted by atomic mass is 16.8. The fraction of sp³-hybridized carbons (Fsp3) is 0.417. The van der Waals surface area contributed by atoms with E-state index in [2.05, 4.69) is 0 Å². The van der Waals surface area contributed by atoms with Crippen molar-refractivity contribution in [1.82, 2.24) is 9.96 Å². The van der Waals surface area contributed by atoms with Crippen LogP contribution in [0.2, 0.25) is 0 Å². The van der Waals surface area contributed by atoms with Crippen LogP contribution >= 0.6 is 0 Å². The van der Waals surface area contributed by atoms with Crippen LogP contribution < -0.4 is 0 Å². The molecule has 166 valence electrons. The number of hydroxylamine groups is 2. The molecule has 1 fully saturated rings. The third-order valence-corrected chi connectivity index (χ3v) is 5.48. The normalized spacial score (nSPS) is 21.0. The van der Waals surface area contributed by atoms with E-state index >= 15 is 0 Å². The van der Waals surface area contributed by atoms with E-state index in [1.165, 1.54) is 7.11 Å². The summed E-state index contributed by atoms with van der Waals surface area (Å²) in [6, 6.07) is 17.6. The Kier molecular flexibility index (Phi) is 7.92. The van der Waals surface area contributed by atoms with Crippen LogP contribution in [0.3, 0.4) is 0 Å². The molecular formula is C24H30N2O5. The van der Waals surface area contributed by atoms with E-state index in [0.29, 0.717) is 13.0 Å². The van der Waals surface area contributed by atoms with Gasteiger partial charge in [0.25, 0.3) is 11.8 Å². The minimum absolute atomic E-state index is 0.193. The van der Waals surface area contributed by atoms with E-state index in [1.807, 2.05) is 79.4 Å². The molecule has 3 rings (SSSR count). The van der Waals surface area contributed by atoms with Gasteiger partial charge in [-0.3, -0.25) is 14.5 Å². The van der Waals surface area contributed by atoms with Crippen molar-refractivity contribution < 1.29 is 24.3 Å². The Labute approximate surface area is 183 Å². The Morgan fingerprint density at radius 2 is 1.52 bits per heavy atom. The first-order valence-corrected chi connectivity index (χ1v) is 10.4. The van der Waals surface area contributed by atoms with Gasteiger partial charge in [-0.05, 0) is 23.5 Å². The van der Waals surface area contributed by atoms with Gasteiger partial charge < -0.3 is 9.84 Å². The molecule has 0 saturated carbocycles. The molecule has 31 heavy (non-hydrogen) atoms. The van der Waals surface area contributed by atoms with E-state index in [1.54, 1.807) is 0 Å². The van der Waals surface area contributed by atoms with Crippen LogP contribution in [0.1, 0.15) is 25.0 Å². The number of hydrogen-bond acceptors (Lipinski definition) is 6. The summed E-state index contributed by atoms with van der Waals surface area (Å²) >= 11 is 0. The lowest BCUT2D eigenvalue weighted by molar-refractivity contribution is -0.238. The number of nitrogens with zero attached hydrogens (tertiary/aromatic N) is 2. The van der Waals surface area contributed by atoms with Crippen LogP contribution in [0.4, 0.5) is 0 Å². The molecule has 1 aliphatic rings. The van der Waals surface area contributed by atoms with Crippen molar-refractivity contribution in [3.8, 4) is 0 Å². The Bertz CT molecular complexity index is 859. The summed E-state index contributed by atoms with van der Waals surface area (Å²) in [5.41, 5.74) is 1.91. The van der Waals surface area contributed by atoms with E-state index in [4.69, 9.17) is 9.57 Å². The SMILES string of the molecule is COCON1C(=O)[C@H]([C@@H](O)C(C)C)N(Cc2ccccc2)[C@@H](Cc2ccccc2)C1=O. The molecule has 1 saturated heterocycles. The molecule has 0 bridgehead atoms. The molecular weight excluding hydrogens is 396 g/mol. The molecule has 0 radical (unpaired) electrons. The summed E-state index contributed by atoms with van der Waals surface area (Å²) in [7, 11) is 1.42. The molecule has 1 N–H and O–H groups in total. The van der Waals surface area contributed by atoms with Crippen molar-refractivity contribution in [2.24, 2.45) is 5.92 Å². The maximum absolute atomic E-state index is 13.4. The summed E-state index contributed by atoms with van der Waals surface area (Å²) in [5, 5.41) is 11.8. The number of benzene rings is 2. The number of methoxy groups -OCH3 is 1. The third kappa shape index (κ3) is 5.37. The molecule has 0 unspecified atom stereocenters. The topological polar surface area (TPSA) is 79.3 Å². The lowest BCUT2D eigenvalue weighted by atomic mass is 9.91. The zero-order chi connectivity index (χ0) is 22.4. The number of rotatable bonds is 9. The molecule has 1 heterocycles. The van der Waals surface area contributed by atoms with Crippen LogP contribution in [0, 0.1) is 5.92 Å². The number of amides is 2. The highest BCUT2D eigenvalue weighted by Crippen LogP contribution is 2.28. The lowest BCUT2D eigenvalue weighted by Gasteiger charge is -2.46. The van der Waals surface area contributed by atoms with Crippen molar-refractivity contribution >= 4 is 11.8 Å². The van der Waals surface area contributed by atoms with Crippen molar-refractivity contribution in [3.63, 3.8) is 0 Å². The number of carbonyl (C=O) groups excluding carboxylic acids is 2. The Morgan fingerprint density at radius 1 is 0.935 bits per heavy atom. The lowest BCUT2D eigenvalue weighted by Crippen LogP contribution is -2.68. The summed E-state index contributed by atoms with van der Waals surface area (Å²) in [5.74, 6) is -1.24. The summed E-state index contributed by atoms with van der Waals surface area (Å²) in [4.78, 5) is 33.9. The minimum Gasteiger partial charge on any atom is -0.391 e. The van der Waals surface area contributed by atoms with Crippen molar-refractivity contribution in [1.29, 1.82) is 0 Å². The molecule has 7 nitrogen and oxygen atoms in total. The smallest absolute Gasteiger partial charge is 0.273 e. The van der Waals surface area contributed by atoms with Gasteiger partial charge in [-0.1, -0.05) is 74.5 Å². The molecule has 1 aliphatic heterocycles. The first-order valence-electron chi connectivity index (χ1n) is 10.4. The van der Waals surface area contributed by atoms with Crippen LogP contribution in [-0.2, 0) is 32.1 Å². The average molecular weight is 427 g/mol. The molecule has 0 aromatic heterocycles. The molecule has 7 heteroatoms. The second-order valence-corrected chi connectivity index (χ2v) is 8.05. The Morgan fingerprint density at radius 3 is 2.06 bits per heavy atom. The molecule has 0 aliphatic carbocycles. The number of aliphatic hydroxyl groups excluding tert-OH is 1. The van der Waals surface area contributed by atoms with Crippen LogP contribution in [0.5, 0.6) is 0 Å². The zero-order valence-electron chi connectivity index (χ0n) is 18.2. The number of carbonyl (C=O) groups is 2. The summed E-state index contributed by atoms with van der Waals surface area (Å²) < 4.78 is 4.92. The van der Waals surface area contributed by atoms with E-state index in [9.17, 15) is 14.7 Å². The standard InChI is InChI=1S/C24H30N2O5/c1-17(2)22(27)21-24(29)26(31-16-30-3)23(28)20(14-18-10-6-4-7-11-18)25(21)15-19-12-8-5-9-13-19/h4-13,17,20-22,27H,14-16H2,1-3H3/t20-,21-,22-/m0/s1. The molecule has 2 aromatic carbocycles. The maximum Gasteiger partial charge on any atom is 0.273 e. The van der Waals surface area contributed by atoms with Gasteiger partial charge in [0, 0.05) is 13.7 Å². The first kappa shape index (κ1) is 23.1. The number of hydrogen-bond donors (Lipinski definition) is 1. The predicted octanol–water partition coefficient (Wildman–Crippen LogP) is 2.39. The van der Waals surface area contributed by atoms with Crippen molar-refractivity contribution in [2.45, 2.75) is 45.0 Å². The van der Waals surface area contributed by atoms with Gasteiger partial charge in [0.2, 0.25) is 0 Å². The van der Waals surface area contributed by atoms with Crippen LogP contribution in [0.25, 0.3) is 0 Å². The number of aliphatic hydroxyl groups is 1. The van der Waals surface area contributed by atoms with Gasteiger partial charge in [-0.15, -0.1) is 5.06 Å². The number of ether oxygens (including phenoxy) is 1. The second kappa shape index (κ2) is 10.6.